The Morgan fingerprint density at radius 2 is 2.33 bits per heavy atom. The van der Waals surface area contributed by atoms with Crippen molar-refractivity contribution in [1.82, 2.24) is 5.06 Å². The van der Waals surface area contributed by atoms with Gasteiger partial charge in [-0.05, 0) is 25.2 Å². The van der Waals surface area contributed by atoms with E-state index in [4.69, 9.17) is 0 Å². The van der Waals surface area contributed by atoms with Crippen molar-refractivity contribution in [3.05, 3.63) is 0 Å². The van der Waals surface area contributed by atoms with Crippen LogP contribution in [0.5, 0.6) is 0 Å². The summed E-state index contributed by atoms with van der Waals surface area (Å²) in [5, 5.41) is 10.3. The molecule has 1 fully saturated rings. The van der Waals surface area contributed by atoms with E-state index in [1.54, 1.807) is 0 Å². The van der Waals surface area contributed by atoms with Crippen molar-refractivity contribution in [2.24, 2.45) is 5.92 Å². The molecule has 12 heavy (non-hydrogen) atoms. The highest BCUT2D eigenvalue weighted by molar-refractivity contribution is 5.75. The minimum Gasteiger partial charge on any atom is -0.286 e. The van der Waals surface area contributed by atoms with E-state index in [1.807, 2.05) is 0 Å². The Morgan fingerprint density at radius 3 is 2.92 bits per heavy atom. The van der Waals surface area contributed by atoms with Crippen LogP contribution in [0.15, 0.2) is 0 Å². The molecule has 1 aliphatic heterocycles. The number of carbonyl (C=O) groups excluding carboxylic acids is 1. The molecule has 3 nitrogen and oxygen atoms in total. The number of carbonyl (C=O) groups is 1. The van der Waals surface area contributed by atoms with E-state index >= 15 is 0 Å². The lowest BCUT2D eigenvalue weighted by Gasteiger charge is -2.31. The van der Waals surface area contributed by atoms with Gasteiger partial charge in [0.15, 0.2) is 0 Å². The quantitative estimate of drug-likeness (QED) is 0.643. The van der Waals surface area contributed by atoms with E-state index in [9.17, 15) is 10.0 Å². The molecule has 0 bridgehead atoms. The van der Waals surface area contributed by atoms with Crippen molar-refractivity contribution in [3.8, 4) is 0 Å². The summed E-state index contributed by atoms with van der Waals surface area (Å²) < 4.78 is 0. The molecule has 0 aromatic heterocycles. The maximum Gasteiger partial charge on any atom is 0.246 e. The Morgan fingerprint density at radius 1 is 1.67 bits per heavy atom. The van der Waals surface area contributed by atoms with Gasteiger partial charge in [-0.2, -0.15) is 0 Å². The highest BCUT2D eigenvalue weighted by Crippen LogP contribution is 2.21. The van der Waals surface area contributed by atoms with Crippen LogP contribution in [0.4, 0.5) is 0 Å². The second-order valence-electron chi connectivity index (χ2n) is 3.91. The van der Waals surface area contributed by atoms with Crippen LogP contribution >= 0.6 is 0 Å². The predicted octanol–water partition coefficient (Wildman–Crippen LogP) is 1.80. The molecule has 1 saturated heterocycles. The van der Waals surface area contributed by atoms with Crippen LogP contribution < -0.4 is 0 Å². The van der Waals surface area contributed by atoms with E-state index in [0.717, 1.165) is 24.3 Å². The van der Waals surface area contributed by atoms with Crippen LogP contribution in [0.2, 0.25) is 0 Å². The fraction of sp³-hybridized carbons (Fsp3) is 0.889. The minimum atomic E-state index is -0.119. The molecule has 3 heteroatoms. The van der Waals surface area contributed by atoms with Crippen LogP contribution in [0, 0.1) is 5.92 Å². The zero-order valence-corrected chi connectivity index (χ0v) is 7.79. The summed E-state index contributed by atoms with van der Waals surface area (Å²) in [6.07, 6.45) is 3.28. The Balaban J connectivity index is 2.46. The summed E-state index contributed by atoms with van der Waals surface area (Å²) in [6, 6.07) is 0.0613. The van der Waals surface area contributed by atoms with Crippen LogP contribution in [0.3, 0.4) is 0 Å². The van der Waals surface area contributed by atoms with Gasteiger partial charge in [0, 0.05) is 6.42 Å². The third-order valence-electron chi connectivity index (χ3n) is 2.27. The number of rotatable bonds is 2. The van der Waals surface area contributed by atoms with Crippen LogP contribution in [-0.2, 0) is 4.79 Å². The first-order chi connectivity index (χ1) is 5.61. The lowest BCUT2D eigenvalue weighted by molar-refractivity contribution is -0.183. The fourth-order valence-electron chi connectivity index (χ4n) is 1.69. The standard InChI is InChI=1S/C9H17NO2/c1-7(2)6-8-4-3-5-9(11)10(8)12/h7-8,12H,3-6H2,1-2H3. The zero-order valence-electron chi connectivity index (χ0n) is 7.79. The van der Waals surface area contributed by atoms with Gasteiger partial charge >= 0.3 is 0 Å². The molecule has 1 rings (SSSR count). The van der Waals surface area contributed by atoms with Gasteiger partial charge in [0.2, 0.25) is 5.91 Å². The molecule has 0 radical (unpaired) electrons. The summed E-state index contributed by atoms with van der Waals surface area (Å²) in [5.74, 6) is 0.419. The number of nitrogens with zero attached hydrogens (tertiary/aromatic N) is 1. The lowest BCUT2D eigenvalue weighted by Crippen LogP contribution is -2.41. The first kappa shape index (κ1) is 9.52. The van der Waals surface area contributed by atoms with Gasteiger partial charge in [0.1, 0.15) is 0 Å². The second kappa shape index (κ2) is 3.90. The molecule has 0 aromatic rings. The van der Waals surface area contributed by atoms with Crippen molar-refractivity contribution in [1.29, 1.82) is 0 Å². The molecule has 1 atom stereocenters. The van der Waals surface area contributed by atoms with Crippen LogP contribution in [0.1, 0.15) is 39.5 Å². The van der Waals surface area contributed by atoms with E-state index in [2.05, 4.69) is 13.8 Å². The van der Waals surface area contributed by atoms with Gasteiger partial charge in [-0.3, -0.25) is 10.0 Å². The van der Waals surface area contributed by atoms with E-state index in [0.29, 0.717) is 12.3 Å². The molecule has 1 amide bonds. The van der Waals surface area contributed by atoms with E-state index in [1.165, 1.54) is 0 Å². The Labute approximate surface area is 73.3 Å². The Hall–Kier alpha value is -0.570. The molecule has 1 heterocycles. The van der Waals surface area contributed by atoms with Gasteiger partial charge in [0.05, 0.1) is 6.04 Å². The molecule has 0 spiro atoms. The smallest absolute Gasteiger partial charge is 0.246 e. The number of piperidine rings is 1. The van der Waals surface area contributed by atoms with Crippen molar-refractivity contribution < 1.29 is 10.0 Å². The summed E-state index contributed by atoms with van der Waals surface area (Å²) in [6.45, 7) is 4.21. The van der Waals surface area contributed by atoms with Crippen molar-refractivity contribution >= 4 is 5.91 Å². The molecule has 1 aliphatic rings. The highest BCUT2D eigenvalue weighted by Gasteiger charge is 2.26. The van der Waals surface area contributed by atoms with Crippen LogP contribution in [-0.4, -0.2) is 22.2 Å². The maximum atomic E-state index is 11.1. The first-order valence-electron chi connectivity index (χ1n) is 4.62. The third-order valence-corrected chi connectivity index (χ3v) is 2.27. The fourth-order valence-corrected chi connectivity index (χ4v) is 1.69. The van der Waals surface area contributed by atoms with Gasteiger partial charge in [0.25, 0.3) is 0 Å². The normalized spacial score (nSPS) is 25.2. The molecular formula is C9H17NO2. The molecule has 1 N–H and O–H groups in total. The summed E-state index contributed by atoms with van der Waals surface area (Å²) in [4.78, 5) is 11.1. The number of hydrogen-bond donors (Lipinski definition) is 1. The molecular weight excluding hydrogens is 154 g/mol. The summed E-state index contributed by atoms with van der Waals surface area (Å²) >= 11 is 0. The van der Waals surface area contributed by atoms with E-state index in [-0.39, 0.29) is 11.9 Å². The zero-order chi connectivity index (χ0) is 9.14. The van der Waals surface area contributed by atoms with Gasteiger partial charge in [-0.1, -0.05) is 13.8 Å². The van der Waals surface area contributed by atoms with Gasteiger partial charge < -0.3 is 0 Å². The van der Waals surface area contributed by atoms with Crippen LogP contribution in [0.25, 0.3) is 0 Å². The summed E-state index contributed by atoms with van der Waals surface area (Å²) in [5.41, 5.74) is 0. The average Bonchev–Trinajstić information content (AvgIpc) is 1.98. The molecule has 0 aliphatic carbocycles. The average molecular weight is 171 g/mol. The van der Waals surface area contributed by atoms with Crippen molar-refractivity contribution in [3.63, 3.8) is 0 Å². The largest absolute Gasteiger partial charge is 0.286 e. The number of amides is 1. The molecule has 70 valence electrons. The first-order valence-corrected chi connectivity index (χ1v) is 4.62. The molecule has 0 saturated carbocycles. The van der Waals surface area contributed by atoms with Crippen molar-refractivity contribution in [2.75, 3.05) is 0 Å². The summed E-state index contributed by atoms with van der Waals surface area (Å²) in [7, 11) is 0. The van der Waals surface area contributed by atoms with Crippen molar-refractivity contribution in [2.45, 2.75) is 45.6 Å². The van der Waals surface area contributed by atoms with E-state index < -0.39 is 0 Å². The monoisotopic (exact) mass is 171 g/mol. The predicted molar refractivity (Wildman–Crippen MR) is 45.7 cm³/mol. The number of hydrogen-bond acceptors (Lipinski definition) is 2. The SMILES string of the molecule is CC(C)CC1CCCC(=O)N1O. The molecule has 1 unspecified atom stereocenters. The molecule has 0 aromatic carbocycles. The Kier molecular flexibility index (Phi) is 3.09. The Bertz CT molecular complexity index is 168. The minimum absolute atomic E-state index is 0.0613. The lowest BCUT2D eigenvalue weighted by atomic mass is 9.95. The van der Waals surface area contributed by atoms with Gasteiger partial charge in [-0.25, -0.2) is 5.06 Å². The number of hydroxylamine groups is 2. The third kappa shape index (κ3) is 2.21. The van der Waals surface area contributed by atoms with Gasteiger partial charge in [-0.15, -0.1) is 0 Å². The highest BCUT2D eigenvalue weighted by atomic mass is 16.5. The topological polar surface area (TPSA) is 40.5 Å². The second-order valence-corrected chi connectivity index (χ2v) is 3.91. The maximum absolute atomic E-state index is 11.1.